The zero-order chi connectivity index (χ0) is 14.7. The lowest BCUT2D eigenvalue weighted by Crippen LogP contribution is -2.46. The number of hydrogen-bond donors (Lipinski definition) is 1. The summed E-state index contributed by atoms with van der Waals surface area (Å²) in [7, 11) is 0. The van der Waals surface area contributed by atoms with Crippen LogP contribution in [0.1, 0.15) is 5.56 Å². The van der Waals surface area contributed by atoms with E-state index in [1.807, 2.05) is 24.3 Å². The summed E-state index contributed by atoms with van der Waals surface area (Å²) >= 11 is 0. The number of benzene rings is 2. The Hall–Kier alpha value is -2.07. The third-order valence-corrected chi connectivity index (χ3v) is 3.96. The summed E-state index contributed by atoms with van der Waals surface area (Å²) in [6, 6.07) is 14.7. The van der Waals surface area contributed by atoms with Crippen LogP contribution in [0.25, 0.3) is 0 Å². The van der Waals surface area contributed by atoms with Gasteiger partial charge in [-0.3, -0.25) is 0 Å². The normalized spacial score (nSPS) is 15.3. The first-order valence-electron chi connectivity index (χ1n) is 7.21. The van der Waals surface area contributed by atoms with Crippen molar-refractivity contribution in [3.63, 3.8) is 0 Å². The van der Waals surface area contributed by atoms with E-state index in [0.717, 1.165) is 37.4 Å². The summed E-state index contributed by atoms with van der Waals surface area (Å²) in [4.78, 5) is 4.61. The Morgan fingerprint density at radius 1 is 0.762 bits per heavy atom. The van der Waals surface area contributed by atoms with Gasteiger partial charge < -0.3 is 14.9 Å². The van der Waals surface area contributed by atoms with Crippen molar-refractivity contribution in [2.75, 3.05) is 36.0 Å². The molecule has 3 nitrogen and oxygen atoms in total. The summed E-state index contributed by atoms with van der Waals surface area (Å²) in [5.74, 6) is -0.193. The summed E-state index contributed by atoms with van der Waals surface area (Å²) in [6.07, 6.45) is 0. The predicted octanol–water partition coefficient (Wildman–Crippen LogP) is 2.64. The molecule has 1 heterocycles. The molecule has 21 heavy (non-hydrogen) atoms. The number of aliphatic hydroxyl groups is 1. The molecule has 1 aliphatic heterocycles. The smallest absolute Gasteiger partial charge is 0.123 e. The maximum atomic E-state index is 13.0. The van der Waals surface area contributed by atoms with E-state index in [2.05, 4.69) is 21.9 Å². The number of piperazine rings is 1. The highest BCUT2D eigenvalue weighted by Gasteiger charge is 2.17. The van der Waals surface area contributed by atoms with Crippen molar-refractivity contribution in [3.8, 4) is 0 Å². The first kappa shape index (κ1) is 13.9. The van der Waals surface area contributed by atoms with Crippen molar-refractivity contribution < 1.29 is 9.50 Å². The van der Waals surface area contributed by atoms with E-state index in [1.165, 1.54) is 17.8 Å². The third kappa shape index (κ3) is 3.16. The molecular formula is C17H19FN2O. The van der Waals surface area contributed by atoms with Gasteiger partial charge in [-0.2, -0.15) is 0 Å². The molecule has 0 aromatic heterocycles. The fourth-order valence-electron chi connectivity index (χ4n) is 2.69. The Morgan fingerprint density at radius 3 is 1.62 bits per heavy atom. The Morgan fingerprint density at radius 2 is 1.19 bits per heavy atom. The van der Waals surface area contributed by atoms with E-state index in [0.29, 0.717) is 0 Å². The van der Waals surface area contributed by atoms with Crippen molar-refractivity contribution in [2.45, 2.75) is 6.61 Å². The van der Waals surface area contributed by atoms with E-state index in [4.69, 9.17) is 5.11 Å². The number of nitrogens with zero attached hydrogens (tertiary/aromatic N) is 2. The van der Waals surface area contributed by atoms with Crippen LogP contribution in [0.5, 0.6) is 0 Å². The maximum absolute atomic E-state index is 13.0. The van der Waals surface area contributed by atoms with E-state index in [1.54, 1.807) is 0 Å². The van der Waals surface area contributed by atoms with Crippen LogP contribution in [0.4, 0.5) is 15.8 Å². The highest BCUT2D eigenvalue weighted by atomic mass is 19.1. The van der Waals surface area contributed by atoms with Gasteiger partial charge in [-0.15, -0.1) is 0 Å². The molecule has 2 aromatic rings. The molecule has 1 N–H and O–H groups in total. The Bertz CT molecular complexity index is 575. The van der Waals surface area contributed by atoms with Gasteiger partial charge in [0.1, 0.15) is 5.82 Å². The quantitative estimate of drug-likeness (QED) is 0.939. The van der Waals surface area contributed by atoms with Crippen LogP contribution in [0.3, 0.4) is 0 Å². The molecular weight excluding hydrogens is 267 g/mol. The molecule has 0 saturated carbocycles. The summed E-state index contributed by atoms with van der Waals surface area (Å²) in [5, 5.41) is 9.07. The van der Waals surface area contributed by atoms with Crippen LogP contribution in [0.15, 0.2) is 48.5 Å². The van der Waals surface area contributed by atoms with Gasteiger partial charge in [-0.1, -0.05) is 12.1 Å². The molecule has 0 radical (unpaired) electrons. The summed E-state index contributed by atoms with van der Waals surface area (Å²) < 4.78 is 13.0. The van der Waals surface area contributed by atoms with Crippen molar-refractivity contribution in [2.24, 2.45) is 0 Å². The number of hydrogen-bond acceptors (Lipinski definition) is 3. The van der Waals surface area contributed by atoms with Crippen molar-refractivity contribution >= 4 is 11.4 Å². The van der Waals surface area contributed by atoms with E-state index >= 15 is 0 Å². The van der Waals surface area contributed by atoms with Crippen LogP contribution < -0.4 is 9.80 Å². The number of rotatable bonds is 3. The van der Waals surface area contributed by atoms with Gasteiger partial charge >= 0.3 is 0 Å². The fraction of sp³-hybridized carbons (Fsp3) is 0.294. The van der Waals surface area contributed by atoms with Crippen LogP contribution in [0, 0.1) is 5.82 Å². The van der Waals surface area contributed by atoms with Crippen LogP contribution in [-0.2, 0) is 6.61 Å². The lowest BCUT2D eigenvalue weighted by atomic mass is 10.2. The second kappa shape index (κ2) is 6.14. The highest BCUT2D eigenvalue weighted by Crippen LogP contribution is 2.21. The number of aliphatic hydroxyl groups excluding tert-OH is 1. The topological polar surface area (TPSA) is 26.7 Å². The second-order valence-corrected chi connectivity index (χ2v) is 5.28. The summed E-state index contributed by atoms with van der Waals surface area (Å²) in [6.45, 7) is 3.81. The van der Waals surface area contributed by atoms with Crippen LogP contribution in [0.2, 0.25) is 0 Å². The molecule has 0 bridgehead atoms. The maximum Gasteiger partial charge on any atom is 0.123 e. The average molecular weight is 286 g/mol. The van der Waals surface area contributed by atoms with Gasteiger partial charge in [0.2, 0.25) is 0 Å². The minimum absolute atomic E-state index is 0.0820. The third-order valence-electron chi connectivity index (χ3n) is 3.96. The lowest BCUT2D eigenvalue weighted by Gasteiger charge is -2.37. The minimum Gasteiger partial charge on any atom is -0.392 e. The molecule has 4 heteroatoms. The SMILES string of the molecule is OCc1ccc(N2CCN(c3ccc(F)cc3)CC2)cc1. The van der Waals surface area contributed by atoms with Crippen molar-refractivity contribution in [1.82, 2.24) is 0 Å². The first-order chi connectivity index (χ1) is 10.3. The molecule has 110 valence electrons. The monoisotopic (exact) mass is 286 g/mol. The van der Waals surface area contributed by atoms with E-state index in [-0.39, 0.29) is 12.4 Å². The van der Waals surface area contributed by atoms with Crippen LogP contribution >= 0.6 is 0 Å². The van der Waals surface area contributed by atoms with Gasteiger partial charge in [0.25, 0.3) is 0 Å². The van der Waals surface area contributed by atoms with Crippen molar-refractivity contribution in [1.29, 1.82) is 0 Å². The van der Waals surface area contributed by atoms with Gasteiger partial charge in [0.15, 0.2) is 0 Å². The molecule has 2 aromatic carbocycles. The Labute approximate surface area is 124 Å². The molecule has 0 atom stereocenters. The predicted molar refractivity (Wildman–Crippen MR) is 83.2 cm³/mol. The molecule has 0 amide bonds. The van der Waals surface area contributed by atoms with Crippen molar-refractivity contribution in [3.05, 3.63) is 59.9 Å². The van der Waals surface area contributed by atoms with Gasteiger partial charge in [-0.05, 0) is 42.0 Å². The largest absolute Gasteiger partial charge is 0.392 e. The molecule has 1 fully saturated rings. The summed E-state index contributed by atoms with van der Waals surface area (Å²) in [5.41, 5.74) is 3.20. The zero-order valence-electron chi connectivity index (χ0n) is 11.9. The van der Waals surface area contributed by atoms with Gasteiger partial charge in [0, 0.05) is 37.6 Å². The lowest BCUT2D eigenvalue weighted by molar-refractivity contribution is 0.282. The molecule has 3 rings (SSSR count). The molecule has 1 aliphatic rings. The van der Waals surface area contributed by atoms with Crippen LogP contribution in [-0.4, -0.2) is 31.3 Å². The fourth-order valence-corrected chi connectivity index (χ4v) is 2.69. The number of anilines is 2. The molecule has 1 saturated heterocycles. The first-order valence-corrected chi connectivity index (χ1v) is 7.21. The zero-order valence-corrected chi connectivity index (χ0v) is 11.9. The minimum atomic E-state index is -0.193. The number of halogens is 1. The van der Waals surface area contributed by atoms with Gasteiger partial charge in [-0.25, -0.2) is 4.39 Å². The standard InChI is InChI=1S/C17H19FN2O/c18-15-3-7-17(8-4-15)20-11-9-19(10-12-20)16-5-1-14(13-21)2-6-16/h1-8,21H,9-13H2. The Balaban J connectivity index is 1.62. The van der Waals surface area contributed by atoms with Gasteiger partial charge in [0.05, 0.1) is 6.61 Å². The second-order valence-electron chi connectivity index (χ2n) is 5.28. The van der Waals surface area contributed by atoms with E-state index in [9.17, 15) is 4.39 Å². The average Bonchev–Trinajstić information content (AvgIpc) is 2.56. The Kier molecular flexibility index (Phi) is 4.06. The molecule has 0 aliphatic carbocycles. The molecule has 0 unspecified atom stereocenters. The van der Waals surface area contributed by atoms with E-state index < -0.39 is 0 Å². The molecule has 0 spiro atoms. The highest BCUT2D eigenvalue weighted by molar-refractivity contribution is 5.52.